The van der Waals surface area contributed by atoms with Gasteiger partial charge in [0.05, 0.1) is 11.3 Å². The van der Waals surface area contributed by atoms with Crippen molar-refractivity contribution in [2.75, 3.05) is 5.32 Å². The number of nitrogens with zero attached hydrogens (tertiary/aromatic N) is 3. The number of carbonyl (C=O) groups is 1. The molecule has 152 valence electrons. The molecule has 1 atom stereocenters. The summed E-state index contributed by atoms with van der Waals surface area (Å²) in [5.74, 6) is 0.330. The molecule has 0 amide bonds. The second-order valence-electron chi connectivity index (χ2n) is 7.08. The van der Waals surface area contributed by atoms with Crippen LogP contribution in [-0.2, 0) is 11.2 Å². The van der Waals surface area contributed by atoms with Crippen molar-refractivity contribution in [2.45, 2.75) is 12.6 Å². The first kappa shape index (κ1) is 19.6. The summed E-state index contributed by atoms with van der Waals surface area (Å²) in [6, 6.07) is 25.6. The number of Topliss-reactive ketones (excluding diaryl/α,β-unsaturated/α-hetero) is 1. The number of rotatable bonds is 4. The molecule has 5 rings (SSSR count). The molecule has 0 fully saturated rings. The normalized spacial score (nSPS) is 15.7. The number of aromatic nitrogens is 2. The van der Waals surface area contributed by atoms with Crippen LogP contribution in [0.3, 0.4) is 0 Å². The summed E-state index contributed by atoms with van der Waals surface area (Å²) in [5.41, 5.74) is 4.45. The number of ketones is 1. The van der Waals surface area contributed by atoms with Crippen LogP contribution < -0.4 is 5.32 Å². The average molecular weight is 520 g/mol. The van der Waals surface area contributed by atoms with E-state index in [0.29, 0.717) is 5.89 Å². The molecule has 31 heavy (non-hydrogen) atoms. The van der Waals surface area contributed by atoms with Gasteiger partial charge in [-0.1, -0.05) is 71.8 Å². The number of fused-ring (bicyclic) bond motifs is 1. The number of hydrogen-bond acceptors (Lipinski definition) is 6. The Morgan fingerprint density at radius 3 is 2.39 bits per heavy atom. The van der Waals surface area contributed by atoms with E-state index >= 15 is 0 Å². The molecule has 6 nitrogen and oxygen atoms in total. The first-order chi connectivity index (χ1) is 15.2. The quantitative estimate of drug-likeness (QED) is 0.394. The molecule has 0 spiro atoms. The molecule has 0 bridgehead atoms. The maximum atomic E-state index is 13.0. The number of halogens is 1. The fourth-order valence-corrected chi connectivity index (χ4v) is 4.16. The summed E-state index contributed by atoms with van der Waals surface area (Å²) >= 11 is 2.22. The third-order valence-corrected chi connectivity index (χ3v) is 5.98. The molecule has 1 aromatic heterocycles. The topological polar surface area (TPSA) is 80.4 Å². The van der Waals surface area contributed by atoms with Gasteiger partial charge in [0, 0.05) is 21.1 Å². The van der Waals surface area contributed by atoms with E-state index in [0.717, 1.165) is 31.5 Å². The van der Waals surface area contributed by atoms with Crippen LogP contribution in [0.25, 0.3) is 11.5 Å². The van der Waals surface area contributed by atoms with Crippen molar-refractivity contribution < 1.29 is 9.21 Å². The van der Waals surface area contributed by atoms with E-state index in [2.05, 4.69) is 38.1 Å². The van der Waals surface area contributed by atoms with Crippen molar-refractivity contribution in [3.05, 3.63) is 99.1 Å². The van der Waals surface area contributed by atoms with Crippen molar-refractivity contribution in [3.63, 3.8) is 0 Å². The number of nitrogens with one attached hydrogen (secondary N) is 1. The first-order valence-corrected chi connectivity index (χ1v) is 10.9. The van der Waals surface area contributed by atoms with E-state index in [4.69, 9.17) is 9.41 Å². The van der Waals surface area contributed by atoms with Crippen molar-refractivity contribution in [3.8, 4) is 11.5 Å². The molecule has 3 aromatic carbocycles. The third-order valence-electron chi connectivity index (χ3n) is 5.04. The van der Waals surface area contributed by atoms with Gasteiger partial charge in [-0.2, -0.15) is 0 Å². The lowest BCUT2D eigenvalue weighted by Crippen LogP contribution is -2.29. The number of carbonyl (C=O) groups excluding carboxylic acids is 1. The van der Waals surface area contributed by atoms with Gasteiger partial charge in [-0.25, -0.2) is 0 Å². The lowest BCUT2D eigenvalue weighted by Gasteiger charge is -2.11. The van der Waals surface area contributed by atoms with Gasteiger partial charge >= 0.3 is 6.01 Å². The Kier molecular flexibility index (Phi) is 5.33. The maximum Gasteiger partial charge on any atom is 0.317 e. The molecule has 0 saturated heterocycles. The molecule has 7 heteroatoms. The van der Waals surface area contributed by atoms with Crippen LogP contribution in [0.2, 0.25) is 0 Å². The predicted molar refractivity (Wildman–Crippen MR) is 127 cm³/mol. The largest absolute Gasteiger partial charge is 0.403 e. The Hall–Kier alpha value is -3.33. The number of anilines is 1. The Bertz CT molecular complexity index is 1280. The molecule has 4 aromatic rings. The third kappa shape index (κ3) is 4.00. The fraction of sp³-hybridized carbons (Fsp3) is 0.0833. The van der Waals surface area contributed by atoms with Gasteiger partial charge in [-0.05, 0) is 40.3 Å². The predicted octanol–water partition coefficient (Wildman–Crippen LogP) is 4.74. The van der Waals surface area contributed by atoms with Gasteiger partial charge in [0.1, 0.15) is 0 Å². The highest BCUT2D eigenvalue weighted by Gasteiger charge is 2.27. The second-order valence-corrected chi connectivity index (χ2v) is 8.25. The summed E-state index contributed by atoms with van der Waals surface area (Å²) in [6.45, 7) is 0. The maximum absolute atomic E-state index is 13.0. The van der Waals surface area contributed by atoms with Crippen molar-refractivity contribution in [2.24, 2.45) is 4.99 Å². The van der Waals surface area contributed by atoms with E-state index in [1.54, 1.807) is 0 Å². The van der Waals surface area contributed by atoms with Gasteiger partial charge in [0.15, 0.2) is 11.9 Å². The van der Waals surface area contributed by atoms with Crippen molar-refractivity contribution >= 4 is 40.1 Å². The Morgan fingerprint density at radius 2 is 1.58 bits per heavy atom. The average Bonchev–Trinajstić information content (AvgIpc) is 3.21. The Morgan fingerprint density at radius 1 is 0.871 bits per heavy atom. The molecular weight excluding hydrogens is 503 g/mol. The lowest BCUT2D eigenvalue weighted by molar-refractivity contribution is -0.119. The van der Waals surface area contributed by atoms with Crippen LogP contribution in [0.15, 0.2) is 88.3 Å². The van der Waals surface area contributed by atoms with Gasteiger partial charge in [-0.15, -0.1) is 5.10 Å². The number of hydrogen-bond donors (Lipinski definition) is 1. The van der Waals surface area contributed by atoms with Crippen LogP contribution in [0.5, 0.6) is 0 Å². The minimum Gasteiger partial charge on any atom is -0.403 e. The highest BCUT2D eigenvalue weighted by Crippen LogP contribution is 2.26. The monoisotopic (exact) mass is 520 g/mol. The summed E-state index contributed by atoms with van der Waals surface area (Å²) in [6.07, 6.45) is -0.559. The molecule has 2 heterocycles. The molecular formula is C24H17IN4O2. The van der Waals surface area contributed by atoms with E-state index < -0.39 is 6.17 Å². The zero-order valence-electron chi connectivity index (χ0n) is 16.3. The molecule has 0 unspecified atom stereocenters. The molecule has 0 aliphatic carbocycles. The van der Waals surface area contributed by atoms with E-state index in [9.17, 15) is 4.79 Å². The highest BCUT2D eigenvalue weighted by molar-refractivity contribution is 14.1. The van der Waals surface area contributed by atoms with Crippen LogP contribution in [-0.4, -0.2) is 27.9 Å². The summed E-state index contributed by atoms with van der Waals surface area (Å²) < 4.78 is 6.80. The zero-order valence-corrected chi connectivity index (χ0v) is 18.5. The molecule has 0 radical (unpaired) electrons. The van der Waals surface area contributed by atoms with Gasteiger partial charge in [-0.3, -0.25) is 9.79 Å². The number of benzene rings is 3. The van der Waals surface area contributed by atoms with Crippen LogP contribution in [0.1, 0.15) is 16.7 Å². The van der Waals surface area contributed by atoms with Gasteiger partial charge in [0.2, 0.25) is 0 Å². The van der Waals surface area contributed by atoms with Gasteiger partial charge in [0.25, 0.3) is 5.89 Å². The van der Waals surface area contributed by atoms with Crippen molar-refractivity contribution in [1.29, 1.82) is 0 Å². The lowest BCUT2D eigenvalue weighted by atomic mass is 9.96. The van der Waals surface area contributed by atoms with E-state index in [-0.39, 0.29) is 18.2 Å². The Balaban J connectivity index is 1.51. The zero-order chi connectivity index (χ0) is 21.2. The standard InChI is InChI=1S/C24H17IN4O2/c25-19-13-7-6-12-18(19)23-28-29-24(31-23)27-22-20(30)14-16-10-4-5-11-17(16)21(26-22)15-8-2-1-3-9-15/h1-13,22H,14H2,(H,27,29)/t22-/m1/s1. The minimum absolute atomic E-state index is 0.0626. The summed E-state index contributed by atoms with van der Waals surface area (Å²) in [7, 11) is 0. The van der Waals surface area contributed by atoms with Crippen LogP contribution in [0, 0.1) is 3.57 Å². The van der Waals surface area contributed by atoms with E-state index in [1.807, 2.05) is 78.9 Å². The smallest absolute Gasteiger partial charge is 0.317 e. The SMILES string of the molecule is O=C1Cc2ccccc2C(c2ccccc2)=N[C@@H]1Nc1nnc(-c2ccccc2I)o1. The fourth-order valence-electron chi connectivity index (χ4n) is 3.54. The van der Waals surface area contributed by atoms with E-state index in [1.165, 1.54) is 0 Å². The van der Waals surface area contributed by atoms with Crippen LogP contribution >= 0.6 is 22.6 Å². The Labute approximate surface area is 192 Å². The summed E-state index contributed by atoms with van der Waals surface area (Å²) in [4.78, 5) is 17.8. The highest BCUT2D eigenvalue weighted by atomic mass is 127. The first-order valence-electron chi connectivity index (χ1n) is 9.78. The van der Waals surface area contributed by atoms with Crippen molar-refractivity contribution in [1.82, 2.24) is 10.2 Å². The molecule has 1 N–H and O–H groups in total. The minimum atomic E-state index is -0.828. The molecule has 1 aliphatic rings. The van der Waals surface area contributed by atoms with Gasteiger partial charge < -0.3 is 9.73 Å². The molecule has 0 saturated carbocycles. The summed E-state index contributed by atoms with van der Waals surface area (Å²) in [5, 5.41) is 11.3. The number of aliphatic imine (C=N–C) groups is 1. The second kappa shape index (κ2) is 8.43. The van der Waals surface area contributed by atoms with Crippen LogP contribution in [0.4, 0.5) is 6.01 Å². The molecule has 1 aliphatic heterocycles.